The monoisotopic (exact) mass is 210 g/mol. The molecule has 14 heavy (non-hydrogen) atoms. The van der Waals surface area contributed by atoms with Crippen molar-refractivity contribution in [2.24, 2.45) is 0 Å². The van der Waals surface area contributed by atoms with Gasteiger partial charge >= 0.3 is 5.97 Å². The minimum Gasteiger partial charge on any atom is -0.426 e. The lowest BCUT2D eigenvalue weighted by Crippen LogP contribution is -2.11. The fourth-order valence-corrected chi connectivity index (χ4v) is 1.03. The fourth-order valence-electron chi connectivity index (χ4n) is 0.885. The molecule has 0 saturated heterocycles. The predicted octanol–water partition coefficient (Wildman–Crippen LogP) is 1.86. The minimum atomic E-state index is -0.538. The lowest BCUT2D eigenvalue weighted by molar-refractivity contribution is -0.137. The molecule has 0 radical (unpaired) electrons. The van der Waals surface area contributed by atoms with Gasteiger partial charge in [-0.25, -0.2) is 0 Å². The zero-order valence-corrected chi connectivity index (χ0v) is 8.58. The molecule has 0 unspecified atom stereocenters. The molecule has 74 valence electrons. The zero-order valence-electron chi connectivity index (χ0n) is 7.69. The third kappa shape index (κ3) is 3.62. The molecule has 0 fully saturated rings. The third-order valence-corrected chi connectivity index (χ3v) is 1.76. The van der Waals surface area contributed by atoms with E-state index in [2.05, 4.69) is 12.6 Å². The van der Waals surface area contributed by atoms with E-state index >= 15 is 0 Å². The molecule has 4 heteroatoms. The van der Waals surface area contributed by atoms with E-state index in [1.165, 1.54) is 6.92 Å². The van der Waals surface area contributed by atoms with Crippen LogP contribution in [0.5, 0.6) is 5.75 Å². The summed E-state index contributed by atoms with van der Waals surface area (Å²) in [4.78, 5) is 22.4. The summed E-state index contributed by atoms with van der Waals surface area (Å²) in [6.45, 7) is 1.35. The first-order valence-electron chi connectivity index (χ1n) is 4.07. The van der Waals surface area contributed by atoms with Crippen LogP contribution < -0.4 is 4.74 Å². The second-order valence-corrected chi connectivity index (χ2v) is 3.36. The van der Waals surface area contributed by atoms with Crippen molar-refractivity contribution in [2.45, 2.75) is 18.2 Å². The highest BCUT2D eigenvalue weighted by atomic mass is 32.1. The molecule has 1 aromatic carbocycles. The van der Waals surface area contributed by atoms with Gasteiger partial charge in [0.05, 0.1) is 0 Å². The van der Waals surface area contributed by atoms with Crippen LogP contribution in [0.25, 0.3) is 0 Å². The van der Waals surface area contributed by atoms with E-state index in [1.807, 2.05) is 0 Å². The molecule has 3 nitrogen and oxygen atoms in total. The quantitative estimate of drug-likeness (QED) is 0.358. The Balaban J connectivity index is 2.56. The molecule has 0 atom stereocenters. The topological polar surface area (TPSA) is 43.4 Å². The van der Waals surface area contributed by atoms with Gasteiger partial charge in [0.15, 0.2) is 0 Å². The zero-order chi connectivity index (χ0) is 10.6. The lowest BCUT2D eigenvalue weighted by atomic mass is 10.3. The summed E-state index contributed by atoms with van der Waals surface area (Å²) < 4.78 is 4.89. The highest BCUT2D eigenvalue weighted by Gasteiger charge is 2.07. The number of carbonyl (C=O) groups is 2. The van der Waals surface area contributed by atoms with Gasteiger partial charge < -0.3 is 4.74 Å². The van der Waals surface area contributed by atoms with E-state index in [4.69, 9.17) is 4.74 Å². The maximum atomic E-state index is 11.0. The van der Waals surface area contributed by atoms with Gasteiger partial charge in [0.1, 0.15) is 18.0 Å². The Hall–Kier alpha value is -1.29. The second-order valence-electron chi connectivity index (χ2n) is 2.85. The Morgan fingerprint density at radius 3 is 2.36 bits per heavy atom. The summed E-state index contributed by atoms with van der Waals surface area (Å²) in [5.74, 6) is -0.320. The van der Waals surface area contributed by atoms with E-state index in [9.17, 15) is 9.59 Å². The summed E-state index contributed by atoms with van der Waals surface area (Å²) in [7, 11) is 0. The lowest BCUT2D eigenvalue weighted by Gasteiger charge is -2.02. The van der Waals surface area contributed by atoms with Crippen LogP contribution in [-0.2, 0) is 9.59 Å². The Bertz CT molecular complexity index is 343. The van der Waals surface area contributed by atoms with Crippen LogP contribution in [0.15, 0.2) is 29.2 Å². The Morgan fingerprint density at radius 2 is 1.86 bits per heavy atom. The smallest absolute Gasteiger partial charge is 0.318 e. The van der Waals surface area contributed by atoms with Crippen molar-refractivity contribution in [3.8, 4) is 5.75 Å². The van der Waals surface area contributed by atoms with E-state index in [0.717, 1.165) is 4.90 Å². The van der Waals surface area contributed by atoms with Gasteiger partial charge in [-0.1, -0.05) is 0 Å². The highest BCUT2D eigenvalue weighted by Crippen LogP contribution is 2.14. The summed E-state index contributed by atoms with van der Waals surface area (Å²) in [5, 5.41) is 0. The number of ketones is 1. The van der Waals surface area contributed by atoms with Crippen molar-refractivity contribution in [1.29, 1.82) is 0 Å². The molecule has 0 aromatic heterocycles. The molecule has 0 N–H and O–H groups in total. The molecule has 0 bridgehead atoms. The second kappa shape index (κ2) is 4.81. The van der Waals surface area contributed by atoms with Gasteiger partial charge in [-0.3, -0.25) is 9.59 Å². The predicted molar refractivity (Wildman–Crippen MR) is 54.6 cm³/mol. The molecular weight excluding hydrogens is 200 g/mol. The van der Waals surface area contributed by atoms with E-state index < -0.39 is 5.97 Å². The molecule has 0 aliphatic carbocycles. The number of rotatable bonds is 3. The third-order valence-electron chi connectivity index (χ3n) is 1.46. The van der Waals surface area contributed by atoms with Crippen LogP contribution in [0.3, 0.4) is 0 Å². The fraction of sp³-hybridized carbons (Fsp3) is 0.200. The van der Waals surface area contributed by atoms with Crippen molar-refractivity contribution in [2.75, 3.05) is 0 Å². The summed E-state index contributed by atoms with van der Waals surface area (Å²) in [6, 6.07) is 6.67. The molecular formula is C10H10O3S. The molecule has 0 aliphatic rings. The number of benzene rings is 1. The van der Waals surface area contributed by atoms with Gasteiger partial charge in [-0.15, -0.1) is 12.6 Å². The maximum Gasteiger partial charge on any atom is 0.318 e. The normalized spacial score (nSPS) is 9.57. The standard InChI is InChI=1S/C10H10O3S/c1-7(11)6-10(12)13-8-2-4-9(14)5-3-8/h2-5,14H,6H2,1H3. The number of hydrogen-bond donors (Lipinski definition) is 1. The van der Waals surface area contributed by atoms with Crippen LogP contribution in [0.1, 0.15) is 13.3 Å². The van der Waals surface area contributed by atoms with Gasteiger partial charge in [0.2, 0.25) is 0 Å². The van der Waals surface area contributed by atoms with Gasteiger partial charge in [-0.2, -0.15) is 0 Å². The van der Waals surface area contributed by atoms with Crippen LogP contribution in [0.2, 0.25) is 0 Å². The number of hydrogen-bond acceptors (Lipinski definition) is 4. The van der Waals surface area contributed by atoms with Gasteiger partial charge in [0, 0.05) is 4.90 Å². The van der Waals surface area contributed by atoms with Crippen molar-refractivity contribution in [1.82, 2.24) is 0 Å². The number of esters is 1. The first kappa shape index (κ1) is 10.8. The average Bonchev–Trinajstić information content (AvgIpc) is 2.07. The number of ether oxygens (including phenoxy) is 1. The van der Waals surface area contributed by atoms with E-state index in [1.54, 1.807) is 24.3 Å². The molecule has 0 heterocycles. The average molecular weight is 210 g/mol. The SMILES string of the molecule is CC(=O)CC(=O)Oc1ccc(S)cc1. The highest BCUT2D eigenvalue weighted by molar-refractivity contribution is 7.80. The Morgan fingerprint density at radius 1 is 1.29 bits per heavy atom. The van der Waals surface area contributed by atoms with Crippen molar-refractivity contribution >= 4 is 24.4 Å². The first-order valence-corrected chi connectivity index (χ1v) is 4.52. The maximum absolute atomic E-state index is 11.0. The van der Waals surface area contributed by atoms with E-state index in [0.29, 0.717) is 5.75 Å². The van der Waals surface area contributed by atoms with Crippen LogP contribution in [0.4, 0.5) is 0 Å². The van der Waals surface area contributed by atoms with Crippen molar-refractivity contribution < 1.29 is 14.3 Å². The number of thiol groups is 1. The van der Waals surface area contributed by atoms with Crippen LogP contribution >= 0.6 is 12.6 Å². The molecule has 0 saturated carbocycles. The minimum absolute atomic E-state index is 0.192. The van der Waals surface area contributed by atoms with Crippen molar-refractivity contribution in [3.05, 3.63) is 24.3 Å². The van der Waals surface area contributed by atoms with Gasteiger partial charge in [0.25, 0.3) is 0 Å². The van der Waals surface area contributed by atoms with Crippen molar-refractivity contribution in [3.63, 3.8) is 0 Å². The van der Waals surface area contributed by atoms with E-state index in [-0.39, 0.29) is 12.2 Å². The number of Topliss-reactive ketones (excluding diaryl/α,β-unsaturated/α-hetero) is 1. The van der Waals surface area contributed by atoms with Crippen LogP contribution in [-0.4, -0.2) is 11.8 Å². The molecule has 0 amide bonds. The molecule has 0 spiro atoms. The summed E-state index contributed by atoms with van der Waals surface area (Å²) >= 11 is 4.08. The summed E-state index contributed by atoms with van der Waals surface area (Å²) in [6.07, 6.45) is -0.192. The Kier molecular flexibility index (Phi) is 3.71. The summed E-state index contributed by atoms with van der Waals surface area (Å²) in [5.41, 5.74) is 0. The Labute approximate surface area is 87.5 Å². The van der Waals surface area contributed by atoms with Crippen LogP contribution in [0, 0.1) is 0 Å². The molecule has 0 aliphatic heterocycles. The molecule has 1 rings (SSSR count). The van der Waals surface area contributed by atoms with Gasteiger partial charge in [-0.05, 0) is 31.2 Å². The molecule has 1 aromatic rings. The number of carbonyl (C=O) groups excluding carboxylic acids is 2. The first-order chi connectivity index (χ1) is 6.58. The largest absolute Gasteiger partial charge is 0.426 e.